The molecule has 0 bridgehead atoms. The highest BCUT2D eigenvalue weighted by molar-refractivity contribution is 5.67. The maximum absolute atomic E-state index is 5.63. The lowest BCUT2D eigenvalue weighted by Crippen LogP contribution is -2.02. The van der Waals surface area contributed by atoms with E-state index in [1.165, 1.54) is 0 Å². The molecule has 0 amide bonds. The average Bonchev–Trinajstić information content (AvgIpc) is 2.95. The summed E-state index contributed by atoms with van der Waals surface area (Å²) in [6, 6.07) is 5.87. The molecule has 3 rings (SSSR count). The summed E-state index contributed by atoms with van der Waals surface area (Å²) in [6.45, 7) is 0.903. The molecule has 5 nitrogen and oxygen atoms in total. The van der Waals surface area contributed by atoms with Gasteiger partial charge in [-0.1, -0.05) is 0 Å². The maximum atomic E-state index is 5.63. The SMILES string of the molecule is Cn1cc(CCN)c(-c2ccc3c(c2)OCO3)n1. The number of fused-ring (bicyclic) bond motifs is 1. The maximum Gasteiger partial charge on any atom is 0.231 e. The number of nitrogens with two attached hydrogens (primary N) is 1. The number of rotatable bonds is 3. The first-order chi connectivity index (χ1) is 8.78. The van der Waals surface area contributed by atoms with Crippen molar-refractivity contribution in [2.75, 3.05) is 13.3 Å². The molecule has 0 saturated carbocycles. The topological polar surface area (TPSA) is 62.3 Å². The van der Waals surface area contributed by atoms with Crippen LogP contribution >= 0.6 is 0 Å². The van der Waals surface area contributed by atoms with Crippen molar-refractivity contribution in [2.45, 2.75) is 6.42 Å². The van der Waals surface area contributed by atoms with Crippen LogP contribution in [0.5, 0.6) is 11.5 Å². The Bertz CT molecular complexity index is 578. The second-order valence-corrected chi connectivity index (χ2v) is 4.28. The zero-order chi connectivity index (χ0) is 12.5. The molecule has 2 N–H and O–H groups in total. The fourth-order valence-corrected chi connectivity index (χ4v) is 2.16. The lowest BCUT2D eigenvalue weighted by Gasteiger charge is -2.02. The van der Waals surface area contributed by atoms with Crippen molar-refractivity contribution in [2.24, 2.45) is 12.8 Å². The highest BCUT2D eigenvalue weighted by Crippen LogP contribution is 2.36. The zero-order valence-corrected chi connectivity index (χ0v) is 10.2. The van der Waals surface area contributed by atoms with E-state index in [4.69, 9.17) is 15.2 Å². The molecule has 5 heteroatoms. The minimum Gasteiger partial charge on any atom is -0.454 e. The Morgan fingerprint density at radius 2 is 2.17 bits per heavy atom. The first-order valence-electron chi connectivity index (χ1n) is 5.90. The smallest absolute Gasteiger partial charge is 0.231 e. The monoisotopic (exact) mass is 245 g/mol. The van der Waals surface area contributed by atoms with Crippen LogP contribution in [0.1, 0.15) is 5.56 Å². The standard InChI is InChI=1S/C13H15N3O2/c1-16-7-10(4-5-14)13(15-16)9-2-3-11-12(6-9)18-8-17-11/h2-3,6-7H,4-5,8,14H2,1H3. The first kappa shape index (κ1) is 11.1. The predicted molar refractivity (Wildman–Crippen MR) is 67.5 cm³/mol. The van der Waals surface area contributed by atoms with E-state index in [2.05, 4.69) is 5.10 Å². The summed E-state index contributed by atoms with van der Waals surface area (Å²) in [6.07, 6.45) is 2.82. The summed E-state index contributed by atoms with van der Waals surface area (Å²) in [5.41, 5.74) is 8.77. The van der Waals surface area contributed by atoms with Crippen LogP contribution in [0, 0.1) is 0 Å². The van der Waals surface area contributed by atoms with E-state index in [1.54, 1.807) is 0 Å². The molecule has 0 radical (unpaired) electrons. The Morgan fingerprint density at radius 3 is 3.00 bits per heavy atom. The number of aryl methyl sites for hydroxylation is 1. The van der Waals surface area contributed by atoms with Gasteiger partial charge in [0.2, 0.25) is 6.79 Å². The number of benzene rings is 1. The second-order valence-electron chi connectivity index (χ2n) is 4.28. The van der Waals surface area contributed by atoms with Crippen LogP contribution in [0.2, 0.25) is 0 Å². The average molecular weight is 245 g/mol. The van der Waals surface area contributed by atoms with Crippen LogP contribution in [-0.2, 0) is 13.5 Å². The number of ether oxygens (including phenoxy) is 2. The van der Waals surface area contributed by atoms with Crippen LogP contribution in [-0.4, -0.2) is 23.1 Å². The van der Waals surface area contributed by atoms with Crippen molar-refractivity contribution < 1.29 is 9.47 Å². The molecule has 0 spiro atoms. The largest absolute Gasteiger partial charge is 0.454 e. The van der Waals surface area contributed by atoms with E-state index in [9.17, 15) is 0 Å². The van der Waals surface area contributed by atoms with Gasteiger partial charge in [0.1, 0.15) is 0 Å². The van der Waals surface area contributed by atoms with E-state index >= 15 is 0 Å². The van der Waals surface area contributed by atoms with Crippen molar-refractivity contribution in [1.29, 1.82) is 0 Å². The molecule has 94 valence electrons. The third-order valence-electron chi connectivity index (χ3n) is 2.96. The summed E-state index contributed by atoms with van der Waals surface area (Å²) in [5, 5.41) is 4.49. The molecular formula is C13H15N3O2. The fraction of sp³-hybridized carbons (Fsp3) is 0.308. The second kappa shape index (κ2) is 4.34. The van der Waals surface area contributed by atoms with Gasteiger partial charge in [-0.15, -0.1) is 0 Å². The zero-order valence-electron chi connectivity index (χ0n) is 10.2. The van der Waals surface area contributed by atoms with Gasteiger partial charge in [0.05, 0.1) is 5.69 Å². The Morgan fingerprint density at radius 1 is 1.33 bits per heavy atom. The third-order valence-corrected chi connectivity index (χ3v) is 2.96. The molecule has 2 heterocycles. The predicted octanol–water partition coefficient (Wildman–Crippen LogP) is 1.32. The number of aromatic nitrogens is 2. The normalized spacial score (nSPS) is 13.0. The fourth-order valence-electron chi connectivity index (χ4n) is 2.16. The van der Waals surface area contributed by atoms with Crippen molar-refractivity contribution in [3.8, 4) is 22.8 Å². The summed E-state index contributed by atoms with van der Waals surface area (Å²) in [5.74, 6) is 1.56. The minimum absolute atomic E-state index is 0.288. The molecule has 1 aliphatic heterocycles. The van der Waals surface area contributed by atoms with E-state index in [1.807, 2.05) is 36.1 Å². The molecule has 0 unspecified atom stereocenters. The molecule has 0 saturated heterocycles. The number of hydrogen-bond donors (Lipinski definition) is 1. The van der Waals surface area contributed by atoms with E-state index in [0.29, 0.717) is 6.54 Å². The van der Waals surface area contributed by atoms with Crippen molar-refractivity contribution in [3.63, 3.8) is 0 Å². The van der Waals surface area contributed by atoms with Gasteiger partial charge < -0.3 is 15.2 Å². The highest BCUT2D eigenvalue weighted by atomic mass is 16.7. The molecule has 0 fully saturated rings. The first-order valence-corrected chi connectivity index (χ1v) is 5.90. The van der Waals surface area contributed by atoms with Gasteiger partial charge in [-0.25, -0.2) is 0 Å². The lowest BCUT2D eigenvalue weighted by molar-refractivity contribution is 0.174. The highest BCUT2D eigenvalue weighted by Gasteiger charge is 2.16. The Kier molecular flexibility index (Phi) is 2.68. The van der Waals surface area contributed by atoms with Gasteiger partial charge in [0.25, 0.3) is 0 Å². The van der Waals surface area contributed by atoms with Gasteiger partial charge in [0, 0.05) is 18.8 Å². The molecule has 1 aromatic heterocycles. The van der Waals surface area contributed by atoms with Crippen LogP contribution in [0.4, 0.5) is 0 Å². The Balaban J connectivity index is 2.03. The Hall–Kier alpha value is -2.01. The Labute approximate surface area is 105 Å². The van der Waals surface area contributed by atoms with Gasteiger partial charge in [-0.2, -0.15) is 5.10 Å². The number of hydrogen-bond acceptors (Lipinski definition) is 4. The third kappa shape index (κ3) is 1.82. The molecule has 2 aromatic rings. The molecule has 0 aliphatic carbocycles. The number of nitrogens with zero attached hydrogens (tertiary/aromatic N) is 2. The summed E-state index contributed by atoms with van der Waals surface area (Å²) >= 11 is 0. The van der Waals surface area contributed by atoms with E-state index in [-0.39, 0.29) is 6.79 Å². The molecule has 18 heavy (non-hydrogen) atoms. The summed E-state index contributed by atoms with van der Waals surface area (Å²) < 4.78 is 12.5. The summed E-state index contributed by atoms with van der Waals surface area (Å²) in [4.78, 5) is 0. The molecule has 1 aliphatic rings. The molecule has 0 atom stereocenters. The quantitative estimate of drug-likeness (QED) is 0.885. The van der Waals surface area contributed by atoms with Gasteiger partial charge in [-0.3, -0.25) is 4.68 Å². The van der Waals surface area contributed by atoms with Crippen molar-refractivity contribution >= 4 is 0 Å². The lowest BCUT2D eigenvalue weighted by atomic mass is 10.1. The van der Waals surface area contributed by atoms with Crippen LogP contribution in [0.25, 0.3) is 11.3 Å². The van der Waals surface area contributed by atoms with E-state index in [0.717, 1.165) is 34.7 Å². The van der Waals surface area contributed by atoms with Crippen LogP contribution in [0.3, 0.4) is 0 Å². The summed E-state index contributed by atoms with van der Waals surface area (Å²) in [7, 11) is 1.91. The van der Waals surface area contributed by atoms with Crippen LogP contribution < -0.4 is 15.2 Å². The molecule has 1 aromatic carbocycles. The van der Waals surface area contributed by atoms with Crippen molar-refractivity contribution in [3.05, 3.63) is 30.0 Å². The van der Waals surface area contributed by atoms with Gasteiger partial charge >= 0.3 is 0 Å². The van der Waals surface area contributed by atoms with Crippen molar-refractivity contribution in [1.82, 2.24) is 9.78 Å². The van der Waals surface area contributed by atoms with Gasteiger partial charge in [-0.05, 0) is 36.7 Å². The van der Waals surface area contributed by atoms with Gasteiger partial charge in [0.15, 0.2) is 11.5 Å². The molecular weight excluding hydrogens is 230 g/mol. The minimum atomic E-state index is 0.288. The van der Waals surface area contributed by atoms with E-state index < -0.39 is 0 Å². The van der Waals surface area contributed by atoms with Crippen LogP contribution in [0.15, 0.2) is 24.4 Å².